The van der Waals surface area contributed by atoms with Gasteiger partial charge in [0.05, 0.1) is 24.9 Å². The van der Waals surface area contributed by atoms with Gasteiger partial charge in [-0.2, -0.15) is 26.3 Å². The molecule has 2 fully saturated rings. The van der Waals surface area contributed by atoms with Crippen molar-refractivity contribution in [3.8, 4) is 0 Å². The molecule has 9 nitrogen and oxygen atoms in total. The molecule has 1 spiro atoms. The summed E-state index contributed by atoms with van der Waals surface area (Å²) in [5, 5.41) is 17.6. The first kappa shape index (κ1) is 32.4. The molecule has 2 aliphatic rings. The van der Waals surface area contributed by atoms with E-state index in [2.05, 4.69) is 33.2 Å². The van der Waals surface area contributed by atoms with Crippen LogP contribution in [0.5, 0.6) is 0 Å². The van der Waals surface area contributed by atoms with Crippen LogP contribution in [0.3, 0.4) is 0 Å². The summed E-state index contributed by atoms with van der Waals surface area (Å²) in [7, 11) is 0. The van der Waals surface area contributed by atoms with Gasteiger partial charge in [-0.1, -0.05) is 6.07 Å². The summed E-state index contributed by atoms with van der Waals surface area (Å²) in [4.78, 5) is 29.0. The van der Waals surface area contributed by atoms with Crippen LogP contribution in [0.1, 0.15) is 34.7 Å². The molecule has 4 rings (SSSR count). The topological polar surface area (TPSA) is 122 Å². The standard InChI is InChI=1S/C19H25N3O2S.2C2HF3O2/c1-14-5-16(8-20-7-14)10-23-17-3-4-24-19(6-17)12-22(13-19)9-18-21-15(2)11-25-18;2*3-2(4,5)1(6)7/h5,7-8,11,17H,3-4,6,9-10,12-13H2,1-2H3;2*(H,6,7). The molecule has 2 aliphatic heterocycles. The minimum atomic E-state index is -5.08. The normalized spacial score (nSPS) is 18.7. The fourth-order valence-corrected chi connectivity index (χ4v) is 4.62. The molecule has 1 unspecified atom stereocenters. The first-order valence-corrected chi connectivity index (χ1v) is 12.3. The lowest BCUT2D eigenvalue weighted by molar-refractivity contribution is -0.200. The van der Waals surface area contributed by atoms with Crippen LogP contribution < -0.4 is 0 Å². The average Bonchev–Trinajstić information content (AvgIpc) is 3.21. The van der Waals surface area contributed by atoms with Crippen molar-refractivity contribution >= 4 is 23.3 Å². The highest BCUT2D eigenvalue weighted by molar-refractivity contribution is 7.09. The number of rotatable bonds is 5. The molecule has 0 radical (unpaired) electrons. The summed E-state index contributed by atoms with van der Waals surface area (Å²) in [6.07, 6.45) is -4.16. The Hall–Kier alpha value is -2.82. The maximum atomic E-state index is 10.6. The molecule has 16 heteroatoms. The molecule has 39 heavy (non-hydrogen) atoms. The maximum Gasteiger partial charge on any atom is 0.490 e. The molecule has 2 aromatic rings. The highest BCUT2D eigenvalue weighted by Gasteiger charge is 2.47. The molecule has 218 valence electrons. The molecular weight excluding hydrogens is 560 g/mol. The number of nitrogens with zero attached hydrogens (tertiary/aromatic N) is 3. The van der Waals surface area contributed by atoms with Gasteiger partial charge in [0.1, 0.15) is 5.01 Å². The van der Waals surface area contributed by atoms with E-state index in [1.54, 1.807) is 11.3 Å². The van der Waals surface area contributed by atoms with E-state index in [1.165, 1.54) is 10.6 Å². The maximum absolute atomic E-state index is 10.6. The first-order chi connectivity index (χ1) is 18.0. The number of carboxylic acids is 2. The van der Waals surface area contributed by atoms with Gasteiger partial charge < -0.3 is 19.7 Å². The minimum Gasteiger partial charge on any atom is -0.475 e. The van der Waals surface area contributed by atoms with Crippen molar-refractivity contribution in [3.63, 3.8) is 0 Å². The highest BCUT2D eigenvalue weighted by Crippen LogP contribution is 2.36. The van der Waals surface area contributed by atoms with Gasteiger partial charge in [0, 0.05) is 49.6 Å². The number of aryl methyl sites for hydroxylation is 2. The summed E-state index contributed by atoms with van der Waals surface area (Å²) in [6.45, 7) is 8.44. The van der Waals surface area contributed by atoms with Crippen LogP contribution in [0, 0.1) is 13.8 Å². The van der Waals surface area contributed by atoms with Gasteiger partial charge in [-0.25, -0.2) is 14.6 Å². The Bertz CT molecular complexity index is 1080. The predicted octanol–water partition coefficient (Wildman–Crippen LogP) is 4.37. The molecule has 4 heterocycles. The molecular formula is C23H27F6N3O6S. The van der Waals surface area contributed by atoms with Gasteiger partial charge in [-0.05, 0) is 31.4 Å². The molecule has 0 amide bonds. The van der Waals surface area contributed by atoms with Gasteiger partial charge >= 0.3 is 24.3 Å². The number of carboxylic acid groups (broad SMARTS) is 2. The lowest BCUT2D eigenvalue weighted by Gasteiger charge is -2.53. The van der Waals surface area contributed by atoms with E-state index in [0.717, 1.165) is 50.3 Å². The van der Waals surface area contributed by atoms with Gasteiger partial charge in [0.25, 0.3) is 0 Å². The first-order valence-electron chi connectivity index (χ1n) is 11.4. The largest absolute Gasteiger partial charge is 0.490 e. The number of carbonyl (C=O) groups is 2. The number of aliphatic carboxylic acids is 2. The van der Waals surface area contributed by atoms with Gasteiger partial charge in [0.15, 0.2) is 0 Å². The third kappa shape index (κ3) is 11.1. The number of thiazole rings is 1. The number of hydrogen-bond acceptors (Lipinski definition) is 8. The van der Waals surface area contributed by atoms with Gasteiger partial charge in [-0.3, -0.25) is 9.88 Å². The fourth-order valence-electron chi connectivity index (χ4n) is 3.80. The Kier molecular flexibility index (Phi) is 11.2. The third-order valence-electron chi connectivity index (χ3n) is 5.40. The van der Waals surface area contributed by atoms with Crippen LogP contribution in [0.4, 0.5) is 26.3 Å². The Labute approximate surface area is 223 Å². The molecule has 0 aliphatic carbocycles. The second kappa shape index (κ2) is 13.5. The van der Waals surface area contributed by atoms with Gasteiger partial charge in [0.2, 0.25) is 0 Å². The molecule has 0 aromatic carbocycles. The molecule has 2 N–H and O–H groups in total. The monoisotopic (exact) mass is 587 g/mol. The van der Waals surface area contributed by atoms with Crippen molar-refractivity contribution in [2.45, 2.75) is 63.9 Å². The number of halogens is 6. The number of likely N-dealkylation sites (tertiary alicyclic amines) is 1. The van der Waals surface area contributed by atoms with Crippen LogP contribution in [0.2, 0.25) is 0 Å². The van der Waals surface area contributed by atoms with Crippen molar-refractivity contribution in [1.29, 1.82) is 0 Å². The number of hydrogen-bond donors (Lipinski definition) is 2. The predicted molar refractivity (Wildman–Crippen MR) is 125 cm³/mol. The van der Waals surface area contributed by atoms with Crippen molar-refractivity contribution in [1.82, 2.24) is 14.9 Å². The van der Waals surface area contributed by atoms with Crippen LogP contribution in [0.25, 0.3) is 0 Å². The van der Waals surface area contributed by atoms with E-state index in [-0.39, 0.29) is 11.7 Å². The molecule has 0 saturated carbocycles. The zero-order valence-corrected chi connectivity index (χ0v) is 21.7. The molecule has 0 bridgehead atoms. The third-order valence-corrected chi connectivity index (χ3v) is 6.35. The van der Waals surface area contributed by atoms with Crippen LogP contribution in [-0.4, -0.2) is 80.8 Å². The summed E-state index contributed by atoms with van der Waals surface area (Å²) in [6, 6.07) is 2.14. The van der Waals surface area contributed by atoms with Crippen molar-refractivity contribution in [3.05, 3.63) is 45.7 Å². The van der Waals surface area contributed by atoms with Crippen LogP contribution in [-0.2, 0) is 32.2 Å². The van der Waals surface area contributed by atoms with Crippen LogP contribution >= 0.6 is 11.3 Å². The Balaban J connectivity index is 0.000000317. The number of aromatic nitrogens is 2. The summed E-state index contributed by atoms with van der Waals surface area (Å²) in [5.41, 5.74) is 3.43. The second-order valence-electron chi connectivity index (χ2n) is 8.96. The Morgan fingerprint density at radius 2 is 1.72 bits per heavy atom. The van der Waals surface area contributed by atoms with Gasteiger partial charge in [-0.15, -0.1) is 11.3 Å². The van der Waals surface area contributed by atoms with Crippen LogP contribution in [0.15, 0.2) is 23.8 Å². The lowest BCUT2D eigenvalue weighted by atomic mass is 9.84. The van der Waals surface area contributed by atoms with E-state index < -0.39 is 24.3 Å². The smallest absolute Gasteiger partial charge is 0.475 e. The summed E-state index contributed by atoms with van der Waals surface area (Å²) < 4.78 is 75.8. The number of alkyl halides is 6. The average molecular weight is 588 g/mol. The van der Waals surface area contributed by atoms with Crippen molar-refractivity contribution in [2.75, 3.05) is 19.7 Å². The minimum absolute atomic E-state index is 0.0138. The molecule has 1 atom stereocenters. The highest BCUT2D eigenvalue weighted by atomic mass is 32.1. The van der Waals surface area contributed by atoms with E-state index in [4.69, 9.17) is 29.3 Å². The van der Waals surface area contributed by atoms with E-state index >= 15 is 0 Å². The molecule has 2 aromatic heterocycles. The Morgan fingerprint density at radius 3 is 2.21 bits per heavy atom. The SMILES string of the molecule is Cc1cncc(COC2CCOC3(C2)CN(Cc2nc(C)cs2)C3)c1.O=C(O)C(F)(F)F.O=C(O)C(F)(F)F. The molecule has 2 saturated heterocycles. The zero-order valence-electron chi connectivity index (χ0n) is 20.9. The van der Waals surface area contributed by atoms with E-state index in [9.17, 15) is 26.3 Å². The zero-order chi connectivity index (χ0) is 29.4. The number of pyridine rings is 1. The fraction of sp³-hybridized carbons (Fsp3) is 0.565. The van der Waals surface area contributed by atoms with Crippen molar-refractivity contribution < 1.29 is 55.6 Å². The van der Waals surface area contributed by atoms with E-state index in [1.807, 2.05) is 19.3 Å². The summed E-state index contributed by atoms with van der Waals surface area (Å²) >= 11 is 1.75. The quantitative estimate of drug-likeness (QED) is 0.491. The Morgan fingerprint density at radius 1 is 1.13 bits per heavy atom. The van der Waals surface area contributed by atoms with E-state index in [0.29, 0.717) is 6.61 Å². The second-order valence-corrected chi connectivity index (χ2v) is 9.90. The number of ether oxygens (including phenoxy) is 2. The lowest BCUT2D eigenvalue weighted by Crippen LogP contribution is -2.65. The summed E-state index contributed by atoms with van der Waals surface area (Å²) in [5.74, 6) is -5.51. The van der Waals surface area contributed by atoms with Crippen molar-refractivity contribution in [2.24, 2.45) is 0 Å².